The number of rotatable bonds is 5. The Morgan fingerprint density at radius 3 is 2.58 bits per heavy atom. The van der Waals surface area contributed by atoms with Crippen LogP contribution in [0.4, 0.5) is 14.5 Å². The van der Waals surface area contributed by atoms with Crippen LogP contribution >= 0.6 is 0 Å². The molecule has 0 aromatic heterocycles. The molecular formula is C18H17F2NO2S. The molecule has 0 aliphatic heterocycles. The van der Waals surface area contributed by atoms with Gasteiger partial charge in [-0.25, -0.2) is 8.42 Å². The fourth-order valence-corrected chi connectivity index (χ4v) is 4.85. The summed E-state index contributed by atoms with van der Waals surface area (Å²) in [5.41, 5.74) is 3.03. The Bertz CT molecular complexity index is 882. The average molecular weight is 349 g/mol. The summed E-state index contributed by atoms with van der Waals surface area (Å²) < 4.78 is 49.2. The topological polar surface area (TPSA) is 46.2 Å². The highest BCUT2D eigenvalue weighted by Gasteiger charge is 2.54. The van der Waals surface area contributed by atoms with Crippen LogP contribution in [-0.2, 0) is 16.3 Å². The molecule has 2 aromatic carbocycles. The van der Waals surface area contributed by atoms with Crippen molar-refractivity contribution in [3.63, 3.8) is 0 Å². The van der Waals surface area contributed by atoms with Crippen molar-refractivity contribution in [2.24, 2.45) is 11.8 Å². The van der Waals surface area contributed by atoms with Crippen molar-refractivity contribution in [3.05, 3.63) is 59.7 Å². The maximum absolute atomic E-state index is 12.8. The molecule has 2 aliphatic carbocycles. The van der Waals surface area contributed by atoms with Crippen LogP contribution in [0.5, 0.6) is 0 Å². The Morgan fingerprint density at radius 1 is 1.08 bits per heavy atom. The van der Waals surface area contributed by atoms with Gasteiger partial charge in [-0.1, -0.05) is 36.4 Å². The summed E-state index contributed by atoms with van der Waals surface area (Å²) in [7, 11) is -4.60. The first-order chi connectivity index (χ1) is 11.5. The molecule has 2 aromatic rings. The lowest BCUT2D eigenvalue weighted by Gasteiger charge is -2.13. The molecular weight excluding hydrogens is 332 g/mol. The summed E-state index contributed by atoms with van der Waals surface area (Å²) in [6.07, 6.45) is 1.05. The molecule has 3 nitrogen and oxygen atoms in total. The summed E-state index contributed by atoms with van der Waals surface area (Å²) in [6, 6.07) is 14.3. The Kier molecular flexibility index (Phi) is 3.60. The van der Waals surface area contributed by atoms with E-state index in [0.717, 1.165) is 6.42 Å². The third-order valence-electron chi connectivity index (χ3n) is 5.16. The van der Waals surface area contributed by atoms with E-state index in [1.54, 1.807) is 12.1 Å². The number of alkyl halides is 2. The predicted octanol–water partition coefficient (Wildman–Crippen LogP) is 3.68. The fourth-order valence-electron chi connectivity index (χ4n) is 3.95. The van der Waals surface area contributed by atoms with Crippen LogP contribution in [0.2, 0.25) is 0 Å². The lowest BCUT2D eigenvalue weighted by molar-refractivity contribution is 0.235. The monoisotopic (exact) mass is 349 g/mol. The third-order valence-corrected chi connectivity index (χ3v) is 6.60. The fraction of sp³-hybridized carbons (Fsp3) is 0.333. The average Bonchev–Trinajstić information content (AvgIpc) is 3.11. The van der Waals surface area contributed by atoms with Crippen molar-refractivity contribution in [1.82, 2.24) is 0 Å². The highest BCUT2D eigenvalue weighted by Crippen LogP contribution is 2.61. The van der Waals surface area contributed by atoms with Crippen LogP contribution in [0.1, 0.15) is 17.0 Å². The first-order valence-corrected chi connectivity index (χ1v) is 9.47. The van der Waals surface area contributed by atoms with Crippen molar-refractivity contribution in [2.75, 3.05) is 11.9 Å². The maximum atomic E-state index is 12.8. The molecule has 2 aliphatic rings. The molecule has 24 heavy (non-hydrogen) atoms. The van der Waals surface area contributed by atoms with Crippen LogP contribution in [0.3, 0.4) is 0 Å². The Labute approximate surface area is 139 Å². The first-order valence-electron chi connectivity index (χ1n) is 7.93. The number of benzene rings is 2. The minimum Gasteiger partial charge on any atom is -0.384 e. The summed E-state index contributed by atoms with van der Waals surface area (Å²) >= 11 is 0. The van der Waals surface area contributed by atoms with Crippen LogP contribution in [0.15, 0.2) is 53.4 Å². The van der Waals surface area contributed by atoms with Gasteiger partial charge in [0.15, 0.2) is 0 Å². The zero-order chi connectivity index (χ0) is 16.9. The number of para-hydroxylation sites is 1. The normalized spacial score (nSPS) is 24.5. The van der Waals surface area contributed by atoms with Gasteiger partial charge in [0.2, 0.25) is 9.84 Å². The van der Waals surface area contributed by atoms with E-state index in [1.165, 1.54) is 23.3 Å². The molecule has 4 rings (SSSR count). The van der Waals surface area contributed by atoms with Gasteiger partial charge in [-0.3, -0.25) is 0 Å². The van der Waals surface area contributed by atoms with Gasteiger partial charge in [0.05, 0.1) is 10.6 Å². The molecule has 3 unspecified atom stereocenters. The van der Waals surface area contributed by atoms with Crippen molar-refractivity contribution in [1.29, 1.82) is 0 Å². The van der Waals surface area contributed by atoms with Crippen molar-refractivity contribution >= 4 is 15.5 Å². The number of sulfone groups is 1. The predicted molar refractivity (Wildman–Crippen MR) is 88.0 cm³/mol. The second-order valence-corrected chi connectivity index (χ2v) is 8.33. The molecule has 0 radical (unpaired) electrons. The van der Waals surface area contributed by atoms with Gasteiger partial charge in [-0.2, -0.15) is 8.78 Å². The molecule has 6 heteroatoms. The summed E-state index contributed by atoms with van der Waals surface area (Å²) in [5, 5.41) is 3.08. The summed E-state index contributed by atoms with van der Waals surface area (Å²) in [5.74, 6) is -1.89. The van der Waals surface area contributed by atoms with Crippen molar-refractivity contribution in [3.8, 4) is 0 Å². The Hall–Kier alpha value is -1.95. The van der Waals surface area contributed by atoms with Crippen LogP contribution in [0.25, 0.3) is 0 Å². The summed E-state index contributed by atoms with van der Waals surface area (Å²) in [4.78, 5) is -0.328. The SMILES string of the molecule is O=S(=O)(c1ccccc1NCC1C2Cc3ccccc3C12)C(F)F. The minimum absolute atomic E-state index is 0.260. The second-order valence-electron chi connectivity index (χ2n) is 6.44. The van der Waals surface area contributed by atoms with Gasteiger partial charge in [0, 0.05) is 6.54 Å². The molecule has 126 valence electrons. The van der Waals surface area contributed by atoms with Gasteiger partial charge in [0.1, 0.15) is 0 Å². The van der Waals surface area contributed by atoms with Gasteiger partial charge in [-0.15, -0.1) is 0 Å². The molecule has 1 N–H and O–H groups in total. The van der Waals surface area contributed by atoms with E-state index in [-0.39, 0.29) is 10.6 Å². The number of hydrogen-bond acceptors (Lipinski definition) is 3. The minimum atomic E-state index is -4.60. The van der Waals surface area contributed by atoms with E-state index in [1.807, 2.05) is 12.1 Å². The lowest BCUT2D eigenvalue weighted by atomic mass is 10.0. The highest BCUT2D eigenvalue weighted by molar-refractivity contribution is 7.91. The van der Waals surface area contributed by atoms with Crippen molar-refractivity contribution < 1.29 is 17.2 Å². The second kappa shape index (κ2) is 5.55. The van der Waals surface area contributed by atoms with Crippen molar-refractivity contribution in [2.45, 2.75) is 23.0 Å². The standard InChI is InChI=1S/C18H17F2NO2S/c19-18(20)24(22,23)16-8-4-3-7-15(16)21-10-14-13-9-11-5-1-2-6-12(11)17(13)14/h1-8,13-14,17-18,21H,9-10H2. The lowest BCUT2D eigenvalue weighted by Crippen LogP contribution is -2.15. The van der Waals surface area contributed by atoms with E-state index in [4.69, 9.17) is 0 Å². The van der Waals surface area contributed by atoms with E-state index in [9.17, 15) is 17.2 Å². The zero-order valence-electron chi connectivity index (χ0n) is 12.8. The van der Waals surface area contributed by atoms with Gasteiger partial charge < -0.3 is 5.32 Å². The molecule has 0 bridgehead atoms. The Balaban J connectivity index is 1.50. The molecule has 0 spiro atoms. The molecule has 0 amide bonds. The number of nitrogens with one attached hydrogen (secondary N) is 1. The molecule has 0 saturated heterocycles. The quantitative estimate of drug-likeness (QED) is 0.896. The van der Waals surface area contributed by atoms with E-state index >= 15 is 0 Å². The maximum Gasteiger partial charge on any atom is 0.341 e. The van der Waals surface area contributed by atoms with Gasteiger partial charge in [-0.05, 0) is 47.4 Å². The molecule has 3 atom stereocenters. The molecule has 0 heterocycles. The smallest absolute Gasteiger partial charge is 0.341 e. The first kappa shape index (κ1) is 15.6. The summed E-state index contributed by atoms with van der Waals surface area (Å²) in [6.45, 7) is 0.597. The van der Waals surface area contributed by atoms with E-state index in [2.05, 4.69) is 17.4 Å². The molecule has 1 saturated carbocycles. The third kappa shape index (κ3) is 2.40. The number of hydrogen-bond donors (Lipinski definition) is 1. The number of halogens is 2. The Morgan fingerprint density at radius 2 is 1.79 bits per heavy atom. The van der Waals surface area contributed by atoms with E-state index in [0.29, 0.717) is 24.3 Å². The molecule has 1 fully saturated rings. The largest absolute Gasteiger partial charge is 0.384 e. The van der Waals surface area contributed by atoms with Crippen LogP contribution in [-0.4, -0.2) is 20.7 Å². The zero-order valence-corrected chi connectivity index (χ0v) is 13.6. The highest BCUT2D eigenvalue weighted by atomic mass is 32.2. The van der Waals surface area contributed by atoms with E-state index < -0.39 is 15.6 Å². The van der Waals surface area contributed by atoms with Crippen LogP contribution in [0, 0.1) is 11.8 Å². The number of anilines is 1. The van der Waals surface area contributed by atoms with Gasteiger partial charge in [0.25, 0.3) is 0 Å². The van der Waals surface area contributed by atoms with Crippen LogP contribution < -0.4 is 5.32 Å². The van der Waals surface area contributed by atoms with Gasteiger partial charge >= 0.3 is 5.76 Å². The number of fused-ring (bicyclic) bond motifs is 3.